The number of rotatable bonds is 4. The van der Waals surface area contributed by atoms with Crippen LogP contribution in [0.25, 0.3) is 0 Å². The number of nitrogens with zero attached hydrogens (tertiary/aromatic N) is 3. The number of aromatic nitrogens is 3. The Balaban J connectivity index is 2.40. The van der Waals surface area contributed by atoms with Gasteiger partial charge >= 0.3 is 0 Å². The Kier molecular flexibility index (Phi) is 3.07. The molecule has 2 aromatic rings. The van der Waals surface area contributed by atoms with E-state index in [9.17, 15) is 8.42 Å². The summed E-state index contributed by atoms with van der Waals surface area (Å²) in [4.78, 5) is 0. The molecule has 0 radical (unpaired) electrons. The van der Waals surface area contributed by atoms with Gasteiger partial charge in [0.05, 0.1) is 0 Å². The van der Waals surface area contributed by atoms with Gasteiger partial charge in [0.25, 0.3) is 10.0 Å². The van der Waals surface area contributed by atoms with Gasteiger partial charge in [-0.25, -0.2) is 4.63 Å². The van der Waals surface area contributed by atoms with Gasteiger partial charge in [-0.1, -0.05) is 17.2 Å². The zero-order valence-electron chi connectivity index (χ0n) is 10.1. The zero-order chi connectivity index (χ0) is 13.3. The van der Waals surface area contributed by atoms with E-state index in [2.05, 4.69) is 24.8 Å². The predicted molar refractivity (Wildman–Crippen MR) is 60.5 cm³/mol. The standard InChI is InChI=1S/C9H12N4O4S/c1-4-7-8(6(3)16-11-7)13-18(14,15)9-5(2)10-17-12-9/h13H,4H2,1-3H3. The fraction of sp³-hybridized carbons (Fsp3) is 0.444. The van der Waals surface area contributed by atoms with Crippen LogP contribution in [0.4, 0.5) is 5.69 Å². The molecule has 0 fully saturated rings. The lowest BCUT2D eigenvalue weighted by Crippen LogP contribution is -2.15. The summed E-state index contributed by atoms with van der Waals surface area (Å²) in [5, 5.41) is 10.3. The van der Waals surface area contributed by atoms with Gasteiger partial charge in [0.2, 0.25) is 5.03 Å². The minimum atomic E-state index is -3.84. The van der Waals surface area contributed by atoms with Crippen molar-refractivity contribution in [2.75, 3.05) is 4.72 Å². The molecule has 0 bridgehead atoms. The van der Waals surface area contributed by atoms with E-state index in [1.807, 2.05) is 6.92 Å². The molecule has 0 amide bonds. The van der Waals surface area contributed by atoms with E-state index in [4.69, 9.17) is 4.52 Å². The van der Waals surface area contributed by atoms with Gasteiger partial charge in [0.1, 0.15) is 17.1 Å². The topological polar surface area (TPSA) is 111 Å². The summed E-state index contributed by atoms with van der Waals surface area (Å²) in [5.74, 6) is 0.393. The summed E-state index contributed by atoms with van der Waals surface area (Å²) in [6.07, 6.45) is 0.547. The lowest BCUT2D eigenvalue weighted by Gasteiger charge is -2.04. The van der Waals surface area contributed by atoms with Crippen molar-refractivity contribution in [2.45, 2.75) is 32.2 Å². The molecule has 0 atom stereocenters. The SMILES string of the molecule is CCc1noc(C)c1NS(=O)(=O)c1nonc1C. The zero-order valence-corrected chi connectivity index (χ0v) is 10.9. The molecule has 0 saturated heterocycles. The van der Waals surface area contributed by atoms with Gasteiger partial charge in [-0.15, -0.1) is 0 Å². The van der Waals surface area contributed by atoms with Crippen LogP contribution in [0.2, 0.25) is 0 Å². The number of hydrogen-bond donors (Lipinski definition) is 1. The molecule has 2 heterocycles. The van der Waals surface area contributed by atoms with Crippen molar-refractivity contribution in [3.8, 4) is 0 Å². The maximum Gasteiger partial charge on any atom is 0.285 e. The maximum atomic E-state index is 12.1. The van der Waals surface area contributed by atoms with Crippen LogP contribution in [-0.4, -0.2) is 23.9 Å². The van der Waals surface area contributed by atoms with E-state index in [1.54, 1.807) is 6.92 Å². The summed E-state index contributed by atoms with van der Waals surface area (Å²) >= 11 is 0. The number of hydrogen-bond acceptors (Lipinski definition) is 7. The molecule has 18 heavy (non-hydrogen) atoms. The third kappa shape index (κ3) is 2.08. The predicted octanol–water partition coefficient (Wildman–Crippen LogP) is 1.04. The quantitative estimate of drug-likeness (QED) is 0.884. The molecule has 1 N–H and O–H groups in total. The molecule has 0 aliphatic carbocycles. The van der Waals surface area contributed by atoms with Crippen molar-refractivity contribution >= 4 is 15.7 Å². The van der Waals surface area contributed by atoms with Gasteiger partial charge in [0.15, 0.2) is 5.76 Å². The molecule has 0 unspecified atom stereocenters. The first-order valence-corrected chi connectivity index (χ1v) is 6.71. The van der Waals surface area contributed by atoms with Crippen LogP contribution in [0.15, 0.2) is 14.2 Å². The Bertz CT molecular complexity index is 658. The van der Waals surface area contributed by atoms with Crippen LogP contribution in [0, 0.1) is 13.8 Å². The van der Waals surface area contributed by atoms with Crippen molar-refractivity contribution < 1.29 is 17.6 Å². The summed E-state index contributed by atoms with van der Waals surface area (Å²) < 4.78 is 35.8. The van der Waals surface area contributed by atoms with E-state index in [1.165, 1.54) is 6.92 Å². The van der Waals surface area contributed by atoms with Gasteiger partial charge in [-0.05, 0) is 25.4 Å². The molecule has 0 spiro atoms. The third-order valence-corrected chi connectivity index (χ3v) is 3.72. The van der Waals surface area contributed by atoms with Crippen LogP contribution in [-0.2, 0) is 16.4 Å². The molecule has 98 valence electrons. The van der Waals surface area contributed by atoms with Crippen molar-refractivity contribution in [2.24, 2.45) is 0 Å². The Hall–Kier alpha value is -1.90. The lowest BCUT2D eigenvalue weighted by molar-refractivity contribution is 0.296. The van der Waals surface area contributed by atoms with Crippen molar-refractivity contribution in [1.29, 1.82) is 0 Å². The van der Waals surface area contributed by atoms with Crippen molar-refractivity contribution in [1.82, 2.24) is 15.5 Å². The number of sulfonamides is 1. The Morgan fingerprint density at radius 3 is 2.50 bits per heavy atom. The number of aryl methyl sites for hydroxylation is 3. The highest BCUT2D eigenvalue weighted by molar-refractivity contribution is 7.92. The van der Waals surface area contributed by atoms with Gasteiger partial charge in [0, 0.05) is 0 Å². The molecular weight excluding hydrogens is 260 g/mol. The second kappa shape index (κ2) is 4.41. The lowest BCUT2D eigenvalue weighted by atomic mass is 10.3. The molecule has 2 aromatic heterocycles. The van der Waals surface area contributed by atoms with Crippen molar-refractivity contribution in [3.05, 3.63) is 17.1 Å². The van der Waals surface area contributed by atoms with Crippen LogP contribution in [0.3, 0.4) is 0 Å². The van der Waals surface area contributed by atoms with Gasteiger partial charge < -0.3 is 4.52 Å². The minimum absolute atomic E-state index is 0.189. The molecule has 2 rings (SSSR count). The third-order valence-electron chi connectivity index (χ3n) is 2.37. The van der Waals surface area contributed by atoms with E-state index in [-0.39, 0.29) is 10.7 Å². The molecule has 0 aliphatic rings. The van der Waals surface area contributed by atoms with Gasteiger partial charge in [-0.3, -0.25) is 4.72 Å². The normalized spacial score (nSPS) is 11.7. The van der Waals surface area contributed by atoms with Crippen LogP contribution >= 0.6 is 0 Å². The van der Waals surface area contributed by atoms with E-state index >= 15 is 0 Å². The molecule has 0 aliphatic heterocycles. The smallest absolute Gasteiger partial charge is 0.285 e. The monoisotopic (exact) mass is 272 g/mol. The van der Waals surface area contributed by atoms with E-state index in [0.29, 0.717) is 23.6 Å². The Morgan fingerprint density at radius 1 is 1.22 bits per heavy atom. The first kappa shape index (κ1) is 12.6. The highest BCUT2D eigenvalue weighted by Crippen LogP contribution is 2.24. The summed E-state index contributed by atoms with van der Waals surface area (Å²) in [5.41, 5.74) is 1.06. The first-order chi connectivity index (χ1) is 8.45. The van der Waals surface area contributed by atoms with Crippen LogP contribution in [0.5, 0.6) is 0 Å². The molecular formula is C9H12N4O4S. The largest absolute Gasteiger partial charge is 0.359 e. The highest BCUT2D eigenvalue weighted by Gasteiger charge is 2.25. The van der Waals surface area contributed by atoms with Crippen LogP contribution in [0.1, 0.15) is 24.1 Å². The Labute approximate surface area is 103 Å². The van der Waals surface area contributed by atoms with Gasteiger partial charge in [-0.2, -0.15) is 8.42 Å². The first-order valence-electron chi connectivity index (χ1n) is 5.22. The average Bonchev–Trinajstić information content (AvgIpc) is 2.87. The molecule has 8 nitrogen and oxygen atoms in total. The summed E-state index contributed by atoms with van der Waals surface area (Å²) in [7, 11) is -3.84. The summed E-state index contributed by atoms with van der Waals surface area (Å²) in [6, 6.07) is 0. The van der Waals surface area contributed by atoms with E-state index in [0.717, 1.165) is 0 Å². The Morgan fingerprint density at radius 2 is 1.94 bits per heavy atom. The fourth-order valence-electron chi connectivity index (χ4n) is 1.44. The fourth-order valence-corrected chi connectivity index (χ4v) is 2.62. The number of anilines is 1. The average molecular weight is 272 g/mol. The van der Waals surface area contributed by atoms with Crippen molar-refractivity contribution in [3.63, 3.8) is 0 Å². The molecule has 0 aromatic carbocycles. The second-order valence-corrected chi connectivity index (χ2v) is 5.27. The molecule has 0 saturated carbocycles. The maximum absolute atomic E-state index is 12.1. The molecule has 9 heteroatoms. The van der Waals surface area contributed by atoms with Crippen LogP contribution < -0.4 is 4.72 Å². The minimum Gasteiger partial charge on any atom is -0.359 e. The highest BCUT2D eigenvalue weighted by atomic mass is 32.2. The number of nitrogens with one attached hydrogen (secondary N) is 1. The van der Waals surface area contributed by atoms with E-state index < -0.39 is 10.0 Å². The summed E-state index contributed by atoms with van der Waals surface area (Å²) in [6.45, 7) is 4.96. The second-order valence-electron chi connectivity index (χ2n) is 3.67.